The molecule has 2 N–H and O–H groups in total. The first-order valence-corrected chi connectivity index (χ1v) is 8.49. The molecule has 0 bridgehead atoms. The molecule has 2 rings (SSSR count). The van der Waals surface area contributed by atoms with E-state index in [4.69, 9.17) is 0 Å². The van der Waals surface area contributed by atoms with Gasteiger partial charge in [0.15, 0.2) is 0 Å². The monoisotopic (exact) mass is 317 g/mol. The Morgan fingerprint density at radius 3 is 2.50 bits per heavy atom. The molecule has 0 aliphatic carbocycles. The first-order valence-electron chi connectivity index (χ1n) is 7.61. The molecule has 3 nitrogen and oxygen atoms in total. The zero-order valence-electron chi connectivity index (χ0n) is 13.0. The van der Waals surface area contributed by atoms with Crippen molar-refractivity contribution in [3.8, 4) is 0 Å². The minimum Gasteiger partial charge on any atom is -0.391 e. The van der Waals surface area contributed by atoms with E-state index in [0.29, 0.717) is 6.42 Å². The van der Waals surface area contributed by atoms with Gasteiger partial charge >= 0.3 is 0 Å². The van der Waals surface area contributed by atoms with Crippen molar-refractivity contribution in [1.29, 1.82) is 0 Å². The number of carbonyl (C=O) groups is 1. The number of carbonyl (C=O) groups excluding carboxylic acids is 1. The van der Waals surface area contributed by atoms with Crippen molar-refractivity contribution >= 4 is 17.2 Å². The summed E-state index contributed by atoms with van der Waals surface area (Å²) < 4.78 is 0. The van der Waals surface area contributed by atoms with E-state index in [1.54, 1.807) is 11.3 Å². The number of aliphatic hydroxyl groups is 1. The molecule has 0 aliphatic heterocycles. The third kappa shape index (κ3) is 4.97. The van der Waals surface area contributed by atoms with E-state index in [0.717, 1.165) is 12.0 Å². The molecule has 3 atom stereocenters. The highest BCUT2D eigenvalue weighted by molar-refractivity contribution is 7.09. The lowest BCUT2D eigenvalue weighted by Gasteiger charge is -2.22. The van der Waals surface area contributed by atoms with Gasteiger partial charge in [-0.15, -0.1) is 11.3 Å². The van der Waals surface area contributed by atoms with Crippen LogP contribution in [0.1, 0.15) is 24.3 Å². The maximum absolute atomic E-state index is 12.2. The minimum absolute atomic E-state index is 0.00647. The molecule has 4 heteroatoms. The molecule has 1 aromatic heterocycles. The average Bonchev–Trinajstić information content (AvgIpc) is 3.01. The van der Waals surface area contributed by atoms with Gasteiger partial charge in [0.05, 0.1) is 12.1 Å². The fraction of sp³-hybridized carbons (Fsp3) is 0.389. The number of rotatable bonds is 7. The highest BCUT2D eigenvalue weighted by atomic mass is 32.1. The summed E-state index contributed by atoms with van der Waals surface area (Å²) in [6, 6.07) is 13.6. The van der Waals surface area contributed by atoms with Gasteiger partial charge < -0.3 is 10.4 Å². The van der Waals surface area contributed by atoms with Crippen LogP contribution in [0.2, 0.25) is 0 Å². The van der Waals surface area contributed by atoms with Crippen molar-refractivity contribution in [2.75, 3.05) is 0 Å². The largest absolute Gasteiger partial charge is 0.391 e. The van der Waals surface area contributed by atoms with E-state index in [1.807, 2.05) is 61.7 Å². The Labute approximate surface area is 136 Å². The molecule has 3 unspecified atom stereocenters. The molecular weight excluding hydrogens is 294 g/mol. The van der Waals surface area contributed by atoms with Gasteiger partial charge in [0.2, 0.25) is 5.91 Å². The molecule has 1 aromatic carbocycles. The van der Waals surface area contributed by atoms with Gasteiger partial charge in [-0.2, -0.15) is 0 Å². The summed E-state index contributed by atoms with van der Waals surface area (Å²) >= 11 is 1.67. The fourth-order valence-electron chi connectivity index (χ4n) is 2.32. The minimum atomic E-state index is -0.583. The predicted octanol–water partition coefficient (Wildman–Crippen LogP) is 3.04. The van der Waals surface area contributed by atoms with Gasteiger partial charge in [0, 0.05) is 17.2 Å². The quantitative estimate of drug-likeness (QED) is 0.824. The van der Waals surface area contributed by atoms with E-state index in [2.05, 4.69) is 5.32 Å². The Morgan fingerprint density at radius 1 is 1.14 bits per heavy atom. The lowest BCUT2D eigenvalue weighted by Crippen LogP contribution is -2.44. The Morgan fingerprint density at radius 2 is 1.86 bits per heavy atom. The van der Waals surface area contributed by atoms with Gasteiger partial charge in [-0.1, -0.05) is 43.3 Å². The van der Waals surface area contributed by atoms with Gasteiger partial charge in [-0.25, -0.2) is 0 Å². The van der Waals surface area contributed by atoms with Crippen LogP contribution in [0.4, 0.5) is 0 Å². The molecule has 0 fully saturated rings. The first kappa shape index (κ1) is 16.7. The van der Waals surface area contributed by atoms with Crippen LogP contribution in [0, 0.1) is 5.92 Å². The molecule has 0 radical (unpaired) electrons. The molecule has 2 aromatic rings. The summed E-state index contributed by atoms with van der Waals surface area (Å²) in [5, 5.41) is 15.2. The van der Waals surface area contributed by atoms with Crippen LogP contribution in [-0.2, 0) is 17.6 Å². The topological polar surface area (TPSA) is 49.3 Å². The molecule has 0 saturated heterocycles. The van der Waals surface area contributed by atoms with Crippen molar-refractivity contribution < 1.29 is 9.90 Å². The third-order valence-corrected chi connectivity index (χ3v) is 4.67. The molecule has 1 amide bonds. The number of benzene rings is 1. The number of hydrogen-bond donors (Lipinski definition) is 2. The van der Waals surface area contributed by atoms with Gasteiger partial charge in [-0.3, -0.25) is 4.79 Å². The number of nitrogens with one attached hydrogen (secondary N) is 1. The average molecular weight is 317 g/mol. The molecule has 0 spiro atoms. The van der Waals surface area contributed by atoms with E-state index in [-0.39, 0.29) is 17.9 Å². The maximum Gasteiger partial charge on any atom is 0.223 e. The lowest BCUT2D eigenvalue weighted by molar-refractivity contribution is -0.125. The van der Waals surface area contributed by atoms with Crippen LogP contribution in [0.5, 0.6) is 0 Å². The normalized spacial score (nSPS) is 15.0. The Bertz CT molecular complexity index is 568. The Kier molecular flexibility index (Phi) is 6.16. The highest BCUT2D eigenvalue weighted by Gasteiger charge is 2.20. The second-order valence-corrected chi connectivity index (χ2v) is 6.77. The van der Waals surface area contributed by atoms with Crippen LogP contribution >= 0.6 is 11.3 Å². The van der Waals surface area contributed by atoms with Crippen LogP contribution in [0.15, 0.2) is 47.8 Å². The predicted molar refractivity (Wildman–Crippen MR) is 90.9 cm³/mol. The molecule has 0 aliphatic rings. The molecule has 1 heterocycles. The first-order chi connectivity index (χ1) is 10.6. The van der Waals surface area contributed by atoms with Crippen molar-refractivity contribution in [3.63, 3.8) is 0 Å². The third-order valence-electron chi connectivity index (χ3n) is 3.77. The van der Waals surface area contributed by atoms with Crippen molar-refractivity contribution in [1.82, 2.24) is 5.32 Å². The van der Waals surface area contributed by atoms with Crippen molar-refractivity contribution in [3.05, 3.63) is 58.3 Å². The smallest absolute Gasteiger partial charge is 0.223 e. The maximum atomic E-state index is 12.2. The number of hydrogen-bond acceptors (Lipinski definition) is 3. The molecule has 0 saturated carbocycles. The fourth-order valence-corrected chi connectivity index (χ4v) is 3.15. The summed E-state index contributed by atoms with van der Waals surface area (Å²) in [5.41, 5.74) is 1.07. The summed E-state index contributed by atoms with van der Waals surface area (Å²) in [4.78, 5) is 13.4. The summed E-state index contributed by atoms with van der Waals surface area (Å²) in [7, 11) is 0. The van der Waals surface area contributed by atoms with Gasteiger partial charge in [0.25, 0.3) is 0 Å². The Hall–Kier alpha value is -1.65. The van der Waals surface area contributed by atoms with Crippen LogP contribution in [0.3, 0.4) is 0 Å². The summed E-state index contributed by atoms with van der Waals surface area (Å²) in [6.45, 7) is 3.77. The summed E-state index contributed by atoms with van der Waals surface area (Å²) in [5.74, 6) is -0.0990. The summed E-state index contributed by atoms with van der Waals surface area (Å²) in [6.07, 6.45) is 0.701. The number of thiophene rings is 1. The van der Waals surface area contributed by atoms with Crippen molar-refractivity contribution in [2.24, 2.45) is 5.92 Å². The van der Waals surface area contributed by atoms with E-state index in [9.17, 15) is 9.90 Å². The van der Waals surface area contributed by atoms with Crippen LogP contribution in [0.25, 0.3) is 0 Å². The van der Waals surface area contributed by atoms with Gasteiger partial charge in [-0.05, 0) is 30.4 Å². The van der Waals surface area contributed by atoms with Crippen molar-refractivity contribution in [2.45, 2.75) is 38.8 Å². The van der Waals surface area contributed by atoms with E-state index >= 15 is 0 Å². The zero-order chi connectivity index (χ0) is 15.9. The van der Waals surface area contributed by atoms with E-state index in [1.165, 1.54) is 4.88 Å². The van der Waals surface area contributed by atoms with Crippen LogP contribution in [-0.4, -0.2) is 23.2 Å². The second kappa shape index (κ2) is 8.11. The number of amides is 1. The van der Waals surface area contributed by atoms with E-state index < -0.39 is 6.10 Å². The Balaban J connectivity index is 1.82. The molecule has 22 heavy (non-hydrogen) atoms. The van der Waals surface area contributed by atoms with Crippen LogP contribution < -0.4 is 5.32 Å². The molecule has 118 valence electrons. The second-order valence-electron chi connectivity index (χ2n) is 5.74. The standard InChI is InChI=1S/C18H23NO2S/c1-13(11-16-9-6-10-22-16)18(21)19-14(2)17(20)12-15-7-4-3-5-8-15/h3-10,13-14,17,20H,11-12H2,1-2H3,(H,19,21). The molecular formula is C18H23NO2S. The zero-order valence-corrected chi connectivity index (χ0v) is 13.8. The van der Waals surface area contributed by atoms with Gasteiger partial charge in [0.1, 0.15) is 0 Å². The highest BCUT2D eigenvalue weighted by Crippen LogP contribution is 2.15. The number of aliphatic hydroxyl groups excluding tert-OH is 1. The SMILES string of the molecule is CC(Cc1cccs1)C(=O)NC(C)C(O)Cc1ccccc1. The lowest BCUT2D eigenvalue weighted by atomic mass is 10.0.